The van der Waals surface area contributed by atoms with Gasteiger partial charge >= 0.3 is 29.9 Å². The number of hydrogen-bond donors (Lipinski definition) is 0. The summed E-state index contributed by atoms with van der Waals surface area (Å²) in [6.45, 7) is 20.2. The fourth-order valence-corrected chi connectivity index (χ4v) is 4.34. The number of aryl methyl sites for hydroxylation is 2. The third-order valence-corrected chi connectivity index (χ3v) is 5.64. The molecule has 3 aromatic carbocycles. The summed E-state index contributed by atoms with van der Waals surface area (Å²) < 4.78 is 0. The van der Waals surface area contributed by atoms with Crippen molar-refractivity contribution in [1.82, 2.24) is 0 Å². The summed E-state index contributed by atoms with van der Waals surface area (Å²) in [5.74, 6) is 0. The maximum atomic E-state index is 3.69. The Morgan fingerprint density at radius 2 is 1.31 bits per heavy atom. The first-order chi connectivity index (χ1) is 14.0. The molecule has 172 valence electrons. The van der Waals surface area contributed by atoms with E-state index in [0.717, 1.165) is 6.42 Å². The molecule has 1 aliphatic rings. The molecule has 4 heteroatoms. The van der Waals surface area contributed by atoms with E-state index in [0.29, 0.717) is 0 Å². The van der Waals surface area contributed by atoms with Crippen molar-refractivity contribution in [3.63, 3.8) is 0 Å². The third kappa shape index (κ3) is 7.48. The molecular weight excluding hydrogens is 614 g/mol. The molecular formula is C28H36Cl2HfSi-2. The van der Waals surface area contributed by atoms with Crippen LogP contribution in [-0.4, -0.2) is 6.94 Å². The van der Waals surface area contributed by atoms with Gasteiger partial charge in [-0.05, 0) is 35.4 Å². The van der Waals surface area contributed by atoms with Gasteiger partial charge in [0.1, 0.15) is 0 Å². The van der Waals surface area contributed by atoms with Crippen molar-refractivity contribution < 1.29 is 47.8 Å². The quantitative estimate of drug-likeness (QED) is 0.195. The molecule has 3 aromatic rings. The van der Waals surface area contributed by atoms with E-state index in [2.05, 4.69) is 79.7 Å². The summed E-state index contributed by atoms with van der Waals surface area (Å²) in [6.07, 6.45) is 1.03. The van der Waals surface area contributed by atoms with Gasteiger partial charge in [-0.2, -0.15) is 35.9 Å². The fourth-order valence-electron chi connectivity index (χ4n) is 4.34. The number of benzene rings is 2. The monoisotopic (exact) mass is 650 g/mol. The first kappa shape index (κ1) is 31.5. The van der Waals surface area contributed by atoms with Crippen molar-refractivity contribution in [3.8, 4) is 11.1 Å². The summed E-state index contributed by atoms with van der Waals surface area (Å²) in [6, 6.07) is 20.9. The van der Waals surface area contributed by atoms with Crippen molar-refractivity contribution in [2.24, 2.45) is 0 Å². The summed E-state index contributed by atoms with van der Waals surface area (Å²) >= 11 is 1.33. The van der Waals surface area contributed by atoms with Gasteiger partial charge in [0, 0.05) is 0 Å². The summed E-state index contributed by atoms with van der Waals surface area (Å²) in [5, 5.41) is 0. The van der Waals surface area contributed by atoms with E-state index in [-0.39, 0.29) is 35.6 Å². The third-order valence-electron chi connectivity index (χ3n) is 5.64. The van der Waals surface area contributed by atoms with Gasteiger partial charge in [-0.3, -0.25) is 0 Å². The predicted molar refractivity (Wildman–Crippen MR) is 131 cm³/mol. The first-order valence-electron chi connectivity index (χ1n) is 10.7. The van der Waals surface area contributed by atoms with Gasteiger partial charge in [-0.25, -0.2) is 12.1 Å². The van der Waals surface area contributed by atoms with Crippen LogP contribution in [0.2, 0.25) is 0 Å². The maximum Gasteiger partial charge on any atom is -0.172 e. The second kappa shape index (κ2) is 12.8. The van der Waals surface area contributed by atoms with Crippen LogP contribution in [0.4, 0.5) is 0 Å². The van der Waals surface area contributed by atoms with Gasteiger partial charge in [0.2, 0.25) is 0 Å². The second-order valence-electron chi connectivity index (χ2n) is 10.2. The minimum Gasteiger partial charge on any atom is -0.214 e. The molecule has 0 saturated carbocycles. The molecule has 0 heterocycles. The first-order valence-corrected chi connectivity index (χ1v) is 19.0. The largest absolute Gasteiger partial charge is 0.214 e. The fraction of sp³-hybridized carbons (Fsp3) is 0.393. The Morgan fingerprint density at radius 3 is 1.75 bits per heavy atom. The van der Waals surface area contributed by atoms with Crippen LogP contribution in [-0.2, 0) is 40.3 Å². The van der Waals surface area contributed by atoms with E-state index < -0.39 is 0 Å². The summed E-state index contributed by atoms with van der Waals surface area (Å²) in [5.41, 5.74) is 11.6. The van der Waals surface area contributed by atoms with Crippen LogP contribution in [0.5, 0.6) is 0 Å². The van der Waals surface area contributed by atoms with Crippen LogP contribution in [0.15, 0.2) is 48.5 Å². The van der Waals surface area contributed by atoms with Crippen molar-refractivity contribution >= 4 is 6.94 Å². The number of hydrogen-bond acceptors (Lipinski definition) is 0. The standard InChI is InChI=1S/C23H29.C5H5.2ClH.Hf.H2Si/c1-14-9-16-11-17-10-15(2)21(23(6,7)8)13-19(17)18(16)12-20(14)22(3,4)5;1-2-4-5-3-1;;;;/h9,12-13H,11H2,1-8H3;1-5H;2*1H;;1H2/q2*-1;;;+2;/p-2. The summed E-state index contributed by atoms with van der Waals surface area (Å²) in [4.78, 5) is 0. The van der Waals surface area contributed by atoms with Gasteiger partial charge in [0.05, 0.1) is 0 Å². The second-order valence-corrected chi connectivity index (χ2v) is 10.2. The van der Waals surface area contributed by atoms with Crippen LogP contribution in [0, 0.1) is 19.9 Å². The van der Waals surface area contributed by atoms with Gasteiger partial charge in [0.15, 0.2) is 0 Å². The molecule has 0 nitrogen and oxygen atoms in total. The normalized spacial score (nSPS) is 11.4. The number of fused-ring (bicyclic) bond motifs is 3. The zero-order chi connectivity index (χ0) is 22.7. The van der Waals surface area contributed by atoms with Gasteiger partial charge < -0.3 is 24.8 Å². The van der Waals surface area contributed by atoms with Crippen molar-refractivity contribution in [1.29, 1.82) is 0 Å². The van der Waals surface area contributed by atoms with E-state index >= 15 is 0 Å². The van der Waals surface area contributed by atoms with Crippen LogP contribution < -0.4 is 24.8 Å². The zero-order valence-electron chi connectivity index (χ0n) is 20.8. The SMILES string of the molecule is Cc1[c-]c2c(cc1C(C)(C)C)-c1cc(C(C)(C)C)c(C)cc1C2.[Cl-].[Cl-].[SiH2]=[Hf+2].c1cc[cH-]c1. The molecule has 0 fully saturated rings. The molecule has 0 bridgehead atoms. The molecule has 0 spiro atoms. The van der Waals surface area contributed by atoms with E-state index in [1.807, 2.05) is 37.3 Å². The molecule has 0 saturated heterocycles. The van der Waals surface area contributed by atoms with E-state index in [9.17, 15) is 0 Å². The molecule has 1 aliphatic carbocycles. The molecule has 4 rings (SSSR count). The minimum atomic E-state index is 0. The van der Waals surface area contributed by atoms with Crippen molar-refractivity contribution in [3.05, 3.63) is 88.0 Å². The Bertz CT molecular complexity index is 909. The van der Waals surface area contributed by atoms with E-state index in [1.54, 1.807) is 0 Å². The van der Waals surface area contributed by atoms with Crippen LogP contribution in [0.3, 0.4) is 0 Å². The van der Waals surface area contributed by atoms with Gasteiger partial charge in [-0.15, -0.1) is 16.7 Å². The Labute approximate surface area is 225 Å². The minimum absolute atomic E-state index is 0. The van der Waals surface area contributed by atoms with E-state index in [4.69, 9.17) is 0 Å². The van der Waals surface area contributed by atoms with Gasteiger partial charge in [-0.1, -0.05) is 71.6 Å². The molecule has 0 unspecified atom stereocenters. The Balaban J connectivity index is 0.000000929. The summed E-state index contributed by atoms with van der Waals surface area (Å²) in [7, 11) is 0. The Hall–Kier alpha value is -0.543. The molecule has 0 aromatic heterocycles. The van der Waals surface area contributed by atoms with E-state index in [1.165, 1.54) is 67.5 Å². The molecule has 0 N–H and O–H groups in total. The molecule has 0 radical (unpaired) electrons. The molecule has 0 aliphatic heterocycles. The van der Waals surface area contributed by atoms with Crippen LogP contribution in [0.25, 0.3) is 11.1 Å². The molecule has 32 heavy (non-hydrogen) atoms. The van der Waals surface area contributed by atoms with Crippen molar-refractivity contribution in [2.75, 3.05) is 0 Å². The average Bonchev–Trinajstić information content (AvgIpc) is 3.31. The maximum absolute atomic E-state index is 3.69. The zero-order valence-corrected chi connectivity index (χ0v) is 27.3. The van der Waals surface area contributed by atoms with Crippen LogP contribution >= 0.6 is 0 Å². The predicted octanol–water partition coefficient (Wildman–Crippen LogP) is 0.765. The topological polar surface area (TPSA) is 0 Å². The average molecular weight is 650 g/mol. The Kier molecular flexibility index (Phi) is 12.6. The number of rotatable bonds is 0. The smallest absolute Gasteiger partial charge is 0.172 e. The van der Waals surface area contributed by atoms with Crippen molar-refractivity contribution in [2.45, 2.75) is 72.6 Å². The van der Waals surface area contributed by atoms with Gasteiger partial charge in [0.25, 0.3) is 0 Å². The number of halogens is 2. The van der Waals surface area contributed by atoms with Crippen LogP contribution in [0.1, 0.15) is 74.9 Å². The molecule has 0 amide bonds. The molecule has 0 atom stereocenters. The Morgan fingerprint density at radius 1 is 0.812 bits per heavy atom.